The molecular formula is C11H11ClN2O2. The number of aromatic hydroxyl groups is 1. The van der Waals surface area contributed by atoms with Gasteiger partial charge in [-0.25, -0.2) is 0 Å². The highest BCUT2D eigenvalue weighted by molar-refractivity contribution is 6.35. The maximum Gasteiger partial charge on any atom is 0.254 e. The summed E-state index contributed by atoms with van der Waals surface area (Å²) in [6.07, 6.45) is 0. The van der Waals surface area contributed by atoms with E-state index in [2.05, 4.69) is 5.32 Å². The molecule has 16 heavy (non-hydrogen) atoms. The Morgan fingerprint density at radius 2 is 2.19 bits per heavy atom. The normalized spacial score (nSPS) is 10.7. The van der Waals surface area contributed by atoms with Gasteiger partial charge < -0.3 is 15.0 Å². The summed E-state index contributed by atoms with van der Waals surface area (Å²) in [6.45, 7) is 0. The monoisotopic (exact) mass is 238 g/mol. The number of phenolic OH excluding ortho intramolecular Hbond substituents is 1. The number of aryl methyl sites for hydroxylation is 1. The van der Waals surface area contributed by atoms with Crippen LogP contribution in [0.15, 0.2) is 18.2 Å². The molecule has 0 fully saturated rings. The number of aromatic nitrogens is 1. The second-order valence-corrected chi connectivity index (χ2v) is 3.86. The standard InChI is InChI=1S/C11H11ClN2O2/c1-13-11(16)9-7-4-3-6(15)5-8(7)14(2)10(9)12/h3-5,15H,1-2H3,(H,13,16). The highest BCUT2D eigenvalue weighted by Gasteiger charge is 2.18. The second-order valence-electron chi connectivity index (χ2n) is 3.51. The number of carbonyl (C=O) groups excluding carboxylic acids is 1. The van der Waals surface area contributed by atoms with Crippen molar-refractivity contribution in [2.45, 2.75) is 0 Å². The van der Waals surface area contributed by atoms with Crippen LogP contribution in [0.5, 0.6) is 5.75 Å². The van der Waals surface area contributed by atoms with Gasteiger partial charge in [-0.05, 0) is 12.1 Å². The fourth-order valence-electron chi connectivity index (χ4n) is 1.73. The minimum absolute atomic E-state index is 0.147. The molecule has 84 valence electrons. The van der Waals surface area contributed by atoms with E-state index in [9.17, 15) is 9.90 Å². The Morgan fingerprint density at radius 3 is 2.81 bits per heavy atom. The molecule has 0 spiro atoms. The van der Waals surface area contributed by atoms with Gasteiger partial charge in [0.15, 0.2) is 0 Å². The first-order valence-electron chi connectivity index (χ1n) is 4.75. The van der Waals surface area contributed by atoms with Gasteiger partial charge in [0.2, 0.25) is 0 Å². The fraction of sp³-hybridized carbons (Fsp3) is 0.182. The third-order valence-corrected chi connectivity index (χ3v) is 3.01. The summed E-state index contributed by atoms with van der Waals surface area (Å²) >= 11 is 6.08. The van der Waals surface area contributed by atoms with Crippen LogP contribution in [-0.4, -0.2) is 22.6 Å². The molecule has 0 radical (unpaired) electrons. The van der Waals surface area contributed by atoms with E-state index in [-0.39, 0.29) is 11.7 Å². The Hall–Kier alpha value is -1.68. The first-order chi connectivity index (χ1) is 7.56. The third-order valence-electron chi connectivity index (χ3n) is 2.57. The lowest BCUT2D eigenvalue weighted by molar-refractivity contribution is 0.0964. The number of hydrogen-bond acceptors (Lipinski definition) is 2. The van der Waals surface area contributed by atoms with E-state index in [1.807, 2.05) is 0 Å². The van der Waals surface area contributed by atoms with Gasteiger partial charge in [-0.2, -0.15) is 0 Å². The van der Waals surface area contributed by atoms with Crippen molar-refractivity contribution >= 4 is 28.4 Å². The van der Waals surface area contributed by atoms with Crippen molar-refractivity contribution in [2.24, 2.45) is 7.05 Å². The van der Waals surface area contributed by atoms with Crippen LogP contribution in [0.4, 0.5) is 0 Å². The van der Waals surface area contributed by atoms with Crippen molar-refractivity contribution in [3.05, 3.63) is 28.9 Å². The Kier molecular flexibility index (Phi) is 2.52. The van der Waals surface area contributed by atoms with Crippen molar-refractivity contribution in [2.75, 3.05) is 7.05 Å². The highest BCUT2D eigenvalue weighted by atomic mass is 35.5. The summed E-state index contributed by atoms with van der Waals surface area (Å²) in [5.74, 6) is -0.0884. The molecule has 4 nitrogen and oxygen atoms in total. The zero-order chi connectivity index (χ0) is 11.9. The van der Waals surface area contributed by atoms with Gasteiger partial charge in [-0.15, -0.1) is 0 Å². The van der Waals surface area contributed by atoms with Crippen LogP contribution in [0, 0.1) is 0 Å². The molecule has 1 aromatic heterocycles. The topological polar surface area (TPSA) is 54.3 Å². The summed E-state index contributed by atoms with van der Waals surface area (Å²) < 4.78 is 1.67. The molecule has 5 heteroatoms. The maximum absolute atomic E-state index is 11.7. The summed E-state index contributed by atoms with van der Waals surface area (Å²) in [4.78, 5) is 11.7. The Labute approximate surface area is 97.4 Å². The molecule has 0 aliphatic rings. The summed E-state index contributed by atoms with van der Waals surface area (Å²) in [6, 6.07) is 4.79. The van der Waals surface area contributed by atoms with Crippen molar-refractivity contribution < 1.29 is 9.90 Å². The van der Waals surface area contributed by atoms with Gasteiger partial charge in [0, 0.05) is 25.5 Å². The number of amides is 1. The molecule has 1 amide bonds. The second kappa shape index (κ2) is 3.72. The molecule has 1 aromatic carbocycles. The minimum Gasteiger partial charge on any atom is -0.508 e. The van der Waals surface area contributed by atoms with Crippen LogP contribution in [0.2, 0.25) is 5.15 Å². The van der Waals surface area contributed by atoms with Gasteiger partial charge in [0.1, 0.15) is 10.9 Å². The average Bonchev–Trinajstić information content (AvgIpc) is 2.52. The molecule has 2 N–H and O–H groups in total. The quantitative estimate of drug-likeness (QED) is 0.797. The summed E-state index contributed by atoms with van der Waals surface area (Å²) in [7, 11) is 3.30. The molecule has 2 rings (SSSR count). The smallest absolute Gasteiger partial charge is 0.254 e. The van der Waals surface area contributed by atoms with Crippen LogP contribution in [-0.2, 0) is 7.05 Å². The highest BCUT2D eigenvalue weighted by Crippen LogP contribution is 2.31. The van der Waals surface area contributed by atoms with Crippen molar-refractivity contribution in [3.8, 4) is 5.75 Å². The van der Waals surface area contributed by atoms with Gasteiger partial charge in [-0.3, -0.25) is 4.79 Å². The van der Waals surface area contributed by atoms with Gasteiger partial charge >= 0.3 is 0 Å². The van der Waals surface area contributed by atoms with Crippen LogP contribution >= 0.6 is 11.6 Å². The van der Waals surface area contributed by atoms with Crippen molar-refractivity contribution in [1.29, 1.82) is 0 Å². The summed E-state index contributed by atoms with van der Waals surface area (Å²) in [5, 5.41) is 13.0. The van der Waals surface area contributed by atoms with E-state index in [1.54, 1.807) is 30.8 Å². The van der Waals surface area contributed by atoms with Crippen LogP contribution < -0.4 is 5.32 Å². The molecule has 0 saturated heterocycles. The number of benzene rings is 1. The lowest BCUT2D eigenvalue weighted by atomic mass is 10.1. The average molecular weight is 239 g/mol. The van der Waals surface area contributed by atoms with E-state index >= 15 is 0 Å². The van der Waals surface area contributed by atoms with Crippen LogP contribution in [0.1, 0.15) is 10.4 Å². The van der Waals surface area contributed by atoms with Gasteiger partial charge in [0.25, 0.3) is 5.91 Å². The lowest BCUT2D eigenvalue weighted by Gasteiger charge is -1.98. The number of halogens is 1. The molecule has 0 unspecified atom stereocenters. The van der Waals surface area contributed by atoms with E-state index < -0.39 is 0 Å². The number of hydrogen-bond donors (Lipinski definition) is 2. The van der Waals surface area contributed by atoms with Crippen LogP contribution in [0.3, 0.4) is 0 Å². The van der Waals surface area contributed by atoms with E-state index in [4.69, 9.17) is 11.6 Å². The van der Waals surface area contributed by atoms with Crippen molar-refractivity contribution in [3.63, 3.8) is 0 Å². The number of nitrogens with one attached hydrogen (secondary N) is 1. The third kappa shape index (κ3) is 1.42. The summed E-state index contributed by atoms with van der Waals surface area (Å²) in [5.41, 5.74) is 1.16. The predicted octanol–water partition coefficient (Wildman–Crippen LogP) is 1.90. The minimum atomic E-state index is -0.235. The van der Waals surface area contributed by atoms with Crippen LogP contribution in [0.25, 0.3) is 10.9 Å². The molecule has 1 heterocycles. The predicted molar refractivity (Wildman–Crippen MR) is 63.0 cm³/mol. The molecule has 0 atom stereocenters. The molecule has 0 bridgehead atoms. The number of rotatable bonds is 1. The molecule has 2 aromatic rings. The van der Waals surface area contributed by atoms with Gasteiger partial charge in [0.05, 0.1) is 11.1 Å². The molecule has 0 saturated carbocycles. The Morgan fingerprint density at radius 1 is 1.50 bits per heavy atom. The molecule has 0 aliphatic carbocycles. The fourth-order valence-corrected chi connectivity index (χ4v) is 2.01. The van der Waals surface area contributed by atoms with Crippen molar-refractivity contribution in [1.82, 2.24) is 9.88 Å². The van der Waals surface area contributed by atoms with E-state index in [0.29, 0.717) is 10.7 Å². The number of fused-ring (bicyclic) bond motifs is 1. The first kappa shape index (κ1) is 10.8. The SMILES string of the molecule is CNC(=O)c1c(Cl)n(C)c2cc(O)ccc12. The Bertz CT molecular complexity index is 575. The van der Waals surface area contributed by atoms with E-state index in [0.717, 1.165) is 10.9 Å². The maximum atomic E-state index is 11.7. The number of carbonyl (C=O) groups is 1. The Balaban J connectivity index is 2.84. The largest absolute Gasteiger partial charge is 0.508 e. The van der Waals surface area contributed by atoms with Gasteiger partial charge in [-0.1, -0.05) is 11.6 Å². The molecule has 0 aliphatic heterocycles. The molecular weight excluding hydrogens is 228 g/mol. The zero-order valence-electron chi connectivity index (χ0n) is 8.91. The number of phenols is 1. The lowest BCUT2D eigenvalue weighted by Crippen LogP contribution is -2.17. The number of nitrogens with zero attached hydrogens (tertiary/aromatic N) is 1. The zero-order valence-corrected chi connectivity index (χ0v) is 9.67. The van der Waals surface area contributed by atoms with E-state index in [1.165, 1.54) is 6.07 Å². The first-order valence-corrected chi connectivity index (χ1v) is 5.13.